The summed E-state index contributed by atoms with van der Waals surface area (Å²) in [6.07, 6.45) is 4.04. The van der Waals surface area contributed by atoms with Crippen LogP contribution >= 0.6 is 0 Å². The zero-order chi connectivity index (χ0) is 11.2. The maximum Gasteiger partial charge on any atom is 0.407 e. The normalized spacial score (nSPS) is 10.7. The van der Waals surface area contributed by atoms with Crippen LogP contribution in [0.3, 0.4) is 0 Å². The average molecular weight is 199 g/mol. The molecule has 0 aliphatic heterocycles. The fourth-order valence-electron chi connectivity index (χ4n) is 1.00. The van der Waals surface area contributed by atoms with Crippen molar-refractivity contribution in [1.29, 1.82) is 0 Å². The SMILES string of the molecule is C#CCOCCN(C(=O)O)C(C)(C)C. The van der Waals surface area contributed by atoms with Gasteiger partial charge in [-0.2, -0.15) is 0 Å². The third-order valence-electron chi connectivity index (χ3n) is 1.69. The molecule has 0 atom stereocenters. The Balaban J connectivity index is 4.01. The standard InChI is InChI=1S/C10H17NO3/c1-5-7-14-8-6-11(9(12)13)10(2,3)4/h1H,6-8H2,2-4H3,(H,12,13). The van der Waals surface area contributed by atoms with Crippen LogP contribution in [0.25, 0.3) is 0 Å². The molecule has 0 aromatic rings. The first-order chi connectivity index (χ1) is 6.39. The van der Waals surface area contributed by atoms with Crippen LogP contribution in [0.5, 0.6) is 0 Å². The molecule has 0 rings (SSSR count). The van der Waals surface area contributed by atoms with Crippen molar-refractivity contribution in [3.05, 3.63) is 0 Å². The van der Waals surface area contributed by atoms with Gasteiger partial charge in [0, 0.05) is 12.1 Å². The van der Waals surface area contributed by atoms with Gasteiger partial charge in [-0.25, -0.2) is 4.79 Å². The minimum atomic E-state index is -0.943. The first-order valence-electron chi connectivity index (χ1n) is 4.41. The number of carboxylic acid groups (broad SMARTS) is 1. The molecule has 0 saturated heterocycles. The van der Waals surface area contributed by atoms with Crippen LogP contribution in [0, 0.1) is 12.3 Å². The second-order valence-electron chi connectivity index (χ2n) is 3.86. The van der Waals surface area contributed by atoms with Crippen molar-refractivity contribution in [2.45, 2.75) is 26.3 Å². The molecule has 0 unspecified atom stereocenters. The summed E-state index contributed by atoms with van der Waals surface area (Å²) in [6.45, 7) is 6.39. The van der Waals surface area contributed by atoms with Crippen molar-refractivity contribution < 1.29 is 14.6 Å². The number of hydrogen-bond donors (Lipinski definition) is 1. The van der Waals surface area contributed by atoms with E-state index in [4.69, 9.17) is 16.3 Å². The number of terminal acetylenes is 1. The summed E-state index contributed by atoms with van der Waals surface area (Å²) in [5.74, 6) is 2.32. The van der Waals surface area contributed by atoms with E-state index in [2.05, 4.69) is 5.92 Å². The van der Waals surface area contributed by atoms with E-state index in [0.717, 1.165) is 0 Å². The third kappa shape index (κ3) is 4.73. The van der Waals surface area contributed by atoms with E-state index in [1.54, 1.807) is 0 Å². The van der Waals surface area contributed by atoms with Gasteiger partial charge in [-0.1, -0.05) is 5.92 Å². The second-order valence-corrected chi connectivity index (χ2v) is 3.86. The van der Waals surface area contributed by atoms with Crippen LogP contribution < -0.4 is 0 Å². The van der Waals surface area contributed by atoms with Gasteiger partial charge >= 0.3 is 6.09 Å². The molecule has 0 aromatic carbocycles. The number of rotatable bonds is 4. The molecule has 0 fully saturated rings. The molecule has 80 valence electrons. The van der Waals surface area contributed by atoms with E-state index in [1.165, 1.54) is 4.90 Å². The van der Waals surface area contributed by atoms with Gasteiger partial charge in [0.2, 0.25) is 0 Å². The fourth-order valence-corrected chi connectivity index (χ4v) is 1.00. The lowest BCUT2D eigenvalue weighted by Gasteiger charge is -2.32. The fraction of sp³-hybridized carbons (Fsp3) is 0.700. The minimum absolute atomic E-state index is 0.220. The molecule has 0 aliphatic rings. The number of ether oxygens (including phenoxy) is 1. The quantitative estimate of drug-likeness (QED) is 0.550. The molecular weight excluding hydrogens is 182 g/mol. The molecule has 0 aromatic heterocycles. The zero-order valence-corrected chi connectivity index (χ0v) is 8.91. The van der Waals surface area contributed by atoms with Gasteiger partial charge in [-0.3, -0.25) is 0 Å². The molecule has 14 heavy (non-hydrogen) atoms. The van der Waals surface area contributed by atoms with Crippen molar-refractivity contribution in [2.75, 3.05) is 19.8 Å². The maximum absolute atomic E-state index is 10.8. The highest BCUT2D eigenvalue weighted by molar-refractivity contribution is 5.65. The molecule has 0 spiro atoms. The monoisotopic (exact) mass is 199 g/mol. The van der Waals surface area contributed by atoms with Crippen molar-refractivity contribution in [3.8, 4) is 12.3 Å². The number of carbonyl (C=O) groups is 1. The second kappa shape index (κ2) is 5.51. The number of nitrogens with zero attached hydrogens (tertiary/aromatic N) is 1. The molecular formula is C10H17NO3. The summed E-state index contributed by atoms with van der Waals surface area (Å²) in [5, 5.41) is 8.90. The van der Waals surface area contributed by atoms with Crippen molar-refractivity contribution >= 4 is 6.09 Å². The van der Waals surface area contributed by atoms with E-state index < -0.39 is 11.6 Å². The smallest absolute Gasteiger partial charge is 0.407 e. The molecule has 0 saturated carbocycles. The van der Waals surface area contributed by atoms with E-state index in [1.807, 2.05) is 20.8 Å². The molecule has 1 N–H and O–H groups in total. The Labute approximate surface area is 84.9 Å². The molecule has 4 heteroatoms. The highest BCUT2D eigenvalue weighted by Crippen LogP contribution is 2.12. The van der Waals surface area contributed by atoms with E-state index in [-0.39, 0.29) is 6.61 Å². The largest absolute Gasteiger partial charge is 0.465 e. The van der Waals surface area contributed by atoms with E-state index >= 15 is 0 Å². The van der Waals surface area contributed by atoms with Crippen molar-refractivity contribution in [2.24, 2.45) is 0 Å². The van der Waals surface area contributed by atoms with E-state index in [0.29, 0.717) is 13.2 Å². The summed E-state index contributed by atoms with van der Waals surface area (Å²) in [5.41, 5.74) is -0.411. The summed E-state index contributed by atoms with van der Waals surface area (Å²) >= 11 is 0. The Bertz CT molecular complexity index is 225. The third-order valence-corrected chi connectivity index (χ3v) is 1.69. The summed E-state index contributed by atoms with van der Waals surface area (Å²) in [7, 11) is 0. The van der Waals surface area contributed by atoms with Gasteiger partial charge in [-0.05, 0) is 20.8 Å². The maximum atomic E-state index is 10.8. The molecule has 0 aliphatic carbocycles. The molecule has 0 heterocycles. The van der Waals surface area contributed by atoms with Crippen LogP contribution in [0.2, 0.25) is 0 Å². The molecule has 1 amide bonds. The topological polar surface area (TPSA) is 49.8 Å². The van der Waals surface area contributed by atoms with Gasteiger partial charge in [-0.15, -0.1) is 6.42 Å². The Morgan fingerprint density at radius 3 is 2.50 bits per heavy atom. The highest BCUT2D eigenvalue weighted by Gasteiger charge is 2.25. The van der Waals surface area contributed by atoms with Crippen LogP contribution in [0.4, 0.5) is 4.79 Å². The minimum Gasteiger partial charge on any atom is -0.465 e. The van der Waals surface area contributed by atoms with Gasteiger partial charge in [0.1, 0.15) is 6.61 Å². The lowest BCUT2D eigenvalue weighted by molar-refractivity contribution is 0.0697. The first-order valence-corrected chi connectivity index (χ1v) is 4.41. The Morgan fingerprint density at radius 2 is 2.14 bits per heavy atom. The van der Waals surface area contributed by atoms with Gasteiger partial charge < -0.3 is 14.7 Å². The molecule has 0 bridgehead atoms. The van der Waals surface area contributed by atoms with Gasteiger partial charge in [0.15, 0.2) is 0 Å². The van der Waals surface area contributed by atoms with Crippen LogP contribution in [-0.2, 0) is 4.74 Å². The summed E-state index contributed by atoms with van der Waals surface area (Å²) < 4.78 is 5.02. The van der Waals surface area contributed by atoms with Crippen LogP contribution in [0.15, 0.2) is 0 Å². The number of hydrogen-bond acceptors (Lipinski definition) is 2. The summed E-state index contributed by atoms with van der Waals surface area (Å²) in [4.78, 5) is 12.2. The molecule has 0 radical (unpaired) electrons. The van der Waals surface area contributed by atoms with Crippen molar-refractivity contribution in [1.82, 2.24) is 4.90 Å². The highest BCUT2D eigenvalue weighted by atomic mass is 16.5. The molecule has 4 nitrogen and oxygen atoms in total. The lowest BCUT2D eigenvalue weighted by Crippen LogP contribution is -2.46. The van der Waals surface area contributed by atoms with Crippen LogP contribution in [-0.4, -0.2) is 41.4 Å². The van der Waals surface area contributed by atoms with Gasteiger partial charge in [0.25, 0.3) is 0 Å². The summed E-state index contributed by atoms with van der Waals surface area (Å²) in [6, 6.07) is 0. The van der Waals surface area contributed by atoms with Crippen LogP contribution in [0.1, 0.15) is 20.8 Å². The Kier molecular flexibility index (Phi) is 5.03. The predicted molar refractivity (Wildman–Crippen MR) is 54.1 cm³/mol. The van der Waals surface area contributed by atoms with Crippen molar-refractivity contribution in [3.63, 3.8) is 0 Å². The average Bonchev–Trinajstić information content (AvgIpc) is 2.01. The van der Waals surface area contributed by atoms with E-state index in [9.17, 15) is 4.79 Å². The Hall–Kier alpha value is -1.21. The zero-order valence-electron chi connectivity index (χ0n) is 8.91. The Morgan fingerprint density at radius 1 is 1.57 bits per heavy atom. The lowest BCUT2D eigenvalue weighted by atomic mass is 10.1. The van der Waals surface area contributed by atoms with Gasteiger partial charge in [0.05, 0.1) is 6.61 Å². The number of amides is 1. The first kappa shape index (κ1) is 12.8. The predicted octanol–water partition coefficient (Wildman–Crippen LogP) is 1.41.